The second-order valence-corrected chi connectivity index (χ2v) is 6.36. The number of phenols is 1. The lowest BCUT2D eigenvalue weighted by Gasteiger charge is -2.30. The van der Waals surface area contributed by atoms with Crippen LogP contribution in [0.15, 0.2) is 36.5 Å². The Morgan fingerprint density at radius 1 is 1.24 bits per heavy atom. The molecular formula is C18H19N5O2. The smallest absolute Gasteiger partial charge is 0.254 e. The number of carbonyl (C=O) groups excluding carboxylic acids is 1. The lowest BCUT2D eigenvalue weighted by atomic mass is 10.0. The summed E-state index contributed by atoms with van der Waals surface area (Å²) < 4.78 is 0. The van der Waals surface area contributed by atoms with Crippen molar-refractivity contribution >= 4 is 16.9 Å². The van der Waals surface area contributed by atoms with Crippen LogP contribution >= 0.6 is 0 Å². The normalized spacial score (nSPS) is 15.6. The van der Waals surface area contributed by atoms with E-state index in [0.717, 1.165) is 18.4 Å². The highest BCUT2D eigenvalue weighted by Gasteiger charge is 2.24. The fourth-order valence-electron chi connectivity index (χ4n) is 3.16. The summed E-state index contributed by atoms with van der Waals surface area (Å²) in [5.74, 6) is 0.160. The van der Waals surface area contributed by atoms with Gasteiger partial charge in [0, 0.05) is 24.7 Å². The first-order valence-corrected chi connectivity index (χ1v) is 8.30. The van der Waals surface area contributed by atoms with E-state index in [-0.39, 0.29) is 17.7 Å². The van der Waals surface area contributed by atoms with Gasteiger partial charge in [-0.15, -0.1) is 0 Å². The Morgan fingerprint density at radius 3 is 2.68 bits per heavy atom. The minimum Gasteiger partial charge on any atom is -0.508 e. The van der Waals surface area contributed by atoms with Crippen molar-refractivity contribution < 1.29 is 9.90 Å². The van der Waals surface area contributed by atoms with Crippen molar-refractivity contribution in [3.05, 3.63) is 42.1 Å². The molecule has 1 aromatic carbocycles. The van der Waals surface area contributed by atoms with E-state index in [4.69, 9.17) is 5.73 Å². The molecule has 3 heterocycles. The number of nitrogens with zero attached hydrogens (tertiary/aromatic N) is 3. The molecule has 1 aliphatic rings. The minimum atomic E-state index is -0.0271. The molecule has 0 spiro atoms. The first-order valence-electron chi connectivity index (χ1n) is 8.30. The summed E-state index contributed by atoms with van der Waals surface area (Å²) in [4.78, 5) is 19.4. The maximum Gasteiger partial charge on any atom is 0.254 e. The summed E-state index contributed by atoms with van der Waals surface area (Å²) in [5.41, 5.74) is 8.58. The summed E-state index contributed by atoms with van der Waals surface area (Å²) in [6, 6.07) is 8.70. The highest BCUT2D eigenvalue weighted by molar-refractivity contribution is 6.06. The minimum absolute atomic E-state index is 0.0271. The Bertz CT molecular complexity index is 911. The van der Waals surface area contributed by atoms with Crippen molar-refractivity contribution in [3.63, 3.8) is 0 Å². The molecule has 25 heavy (non-hydrogen) atoms. The van der Waals surface area contributed by atoms with Gasteiger partial charge >= 0.3 is 0 Å². The van der Waals surface area contributed by atoms with Crippen LogP contribution in [-0.2, 0) is 0 Å². The third-order valence-corrected chi connectivity index (χ3v) is 4.64. The number of hydrogen-bond donors (Lipinski definition) is 3. The van der Waals surface area contributed by atoms with Crippen molar-refractivity contribution in [3.8, 4) is 17.0 Å². The largest absolute Gasteiger partial charge is 0.508 e. The fraction of sp³-hybridized carbons (Fsp3) is 0.278. The quantitative estimate of drug-likeness (QED) is 0.662. The molecule has 0 atom stereocenters. The molecular weight excluding hydrogens is 318 g/mol. The lowest BCUT2D eigenvalue weighted by Crippen LogP contribution is -2.42. The lowest BCUT2D eigenvalue weighted by molar-refractivity contribution is 0.0716. The molecule has 4 rings (SSSR count). The molecule has 1 fully saturated rings. The molecule has 3 aromatic rings. The van der Waals surface area contributed by atoms with E-state index in [1.54, 1.807) is 36.5 Å². The molecule has 7 heteroatoms. The maximum absolute atomic E-state index is 13.0. The Hall–Kier alpha value is -2.93. The number of aromatic hydroxyl groups is 1. The van der Waals surface area contributed by atoms with Crippen LogP contribution in [-0.4, -0.2) is 50.2 Å². The number of hydrogen-bond acceptors (Lipinski definition) is 5. The van der Waals surface area contributed by atoms with Gasteiger partial charge in [0.05, 0.1) is 22.8 Å². The van der Waals surface area contributed by atoms with Crippen molar-refractivity contribution in [2.45, 2.75) is 18.9 Å². The van der Waals surface area contributed by atoms with Gasteiger partial charge in [0.1, 0.15) is 5.75 Å². The first kappa shape index (κ1) is 15.6. The number of nitrogens with one attached hydrogen (secondary N) is 1. The summed E-state index contributed by atoms with van der Waals surface area (Å²) in [6.45, 7) is 1.33. The Morgan fingerprint density at radius 2 is 1.96 bits per heavy atom. The summed E-state index contributed by atoms with van der Waals surface area (Å²) in [7, 11) is 0. The van der Waals surface area contributed by atoms with Crippen molar-refractivity contribution in [1.29, 1.82) is 0 Å². The predicted octanol–water partition coefficient (Wildman–Crippen LogP) is 1.89. The number of phenolic OH excluding ortho intramolecular Hbond substituents is 1. The molecule has 0 bridgehead atoms. The average molecular weight is 337 g/mol. The van der Waals surface area contributed by atoms with Crippen LogP contribution in [0.1, 0.15) is 23.2 Å². The number of likely N-dealkylation sites (tertiary alicyclic amines) is 1. The number of H-pyrrole nitrogens is 1. The number of benzene rings is 1. The number of piperidine rings is 1. The van der Waals surface area contributed by atoms with Crippen molar-refractivity contribution in [1.82, 2.24) is 20.1 Å². The molecule has 1 aliphatic heterocycles. The summed E-state index contributed by atoms with van der Waals surface area (Å²) >= 11 is 0. The van der Waals surface area contributed by atoms with E-state index in [1.165, 1.54) is 0 Å². The highest BCUT2D eigenvalue weighted by Crippen LogP contribution is 2.26. The average Bonchev–Trinajstić information content (AvgIpc) is 3.10. The molecule has 0 saturated carbocycles. The topological polar surface area (TPSA) is 108 Å². The van der Waals surface area contributed by atoms with E-state index in [2.05, 4.69) is 15.2 Å². The van der Waals surface area contributed by atoms with Crippen molar-refractivity contribution in [2.75, 3.05) is 13.1 Å². The molecule has 1 amide bonds. The van der Waals surface area contributed by atoms with Gasteiger partial charge in [-0.1, -0.05) is 0 Å². The van der Waals surface area contributed by atoms with Gasteiger partial charge < -0.3 is 15.7 Å². The molecule has 0 radical (unpaired) electrons. The van der Waals surface area contributed by atoms with Crippen molar-refractivity contribution in [2.24, 2.45) is 5.73 Å². The van der Waals surface area contributed by atoms with Crippen LogP contribution in [0.3, 0.4) is 0 Å². The molecule has 128 valence electrons. The summed E-state index contributed by atoms with van der Waals surface area (Å²) in [5, 5.41) is 17.1. The monoisotopic (exact) mass is 337 g/mol. The third-order valence-electron chi connectivity index (χ3n) is 4.64. The molecule has 1 saturated heterocycles. The second-order valence-electron chi connectivity index (χ2n) is 6.36. The van der Waals surface area contributed by atoms with Crippen LogP contribution < -0.4 is 5.73 Å². The molecule has 4 N–H and O–H groups in total. The van der Waals surface area contributed by atoms with Crippen LogP contribution in [0.4, 0.5) is 0 Å². The number of pyridine rings is 1. The Labute approximate surface area is 144 Å². The number of aromatic amines is 1. The van der Waals surface area contributed by atoms with E-state index >= 15 is 0 Å². The van der Waals surface area contributed by atoms with E-state index in [9.17, 15) is 9.90 Å². The van der Waals surface area contributed by atoms with Crippen LogP contribution in [0, 0.1) is 0 Å². The van der Waals surface area contributed by atoms with Crippen LogP contribution in [0.5, 0.6) is 5.75 Å². The second kappa shape index (κ2) is 6.18. The van der Waals surface area contributed by atoms with E-state index < -0.39 is 0 Å². The SMILES string of the molecule is NC1CCN(C(=O)c2cc(-c3ccc(O)cc3)nc3[nH]ncc23)CC1. The number of carbonyl (C=O) groups is 1. The van der Waals surface area contributed by atoms with Gasteiger partial charge in [0.15, 0.2) is 5.65 Å². The summed E-state index contributed by atoms with van der Waals surface area (Å²) in [6.07, 6.45) is 3.26. The predicted molar refractivity (Wildman–Crippen MR) is 94.1 cm³/mol. The molecule has 7 nitrogen and oxygen atoms in total. The van der Waals surface area contributed by atoms with Gasteiger partial charge in [-0.2, -0.15) is 5.10 Å². The number of nitrogens with two attached hydrogens (primary N) is 1. The molecule has 0 unspecified atom stereocenters. The van der Waals surface area contributed by atoms with Gasteiger partial charge in [0.2, 0.25) is 0 Å². The van der Waals surface area contributed by atoms with Gasteiger partial charge in [0.25, 0.3) is 5.91 Å². The first-order chi connectivity index (χ1) is 12.1. The van der Waals surface area contributed by atoms with Crippen LogP contribution in [0.25, 0.3) is 22.3 Å². The zero-order valence-corrected chi connectivity index (χ0v) is 13.6. The van der Waals surface area contributed by atoms with E-state index in [1.807, 2.05) is 4.90 Å². The van der Waals surface area contributed by atoms with Crippen LogP contribution in [0.2, 0.25) is 0 Å². The zero-order valence-electron chi connectivity index (χ0n) is 13.6. The third kappa shape index (κ3) is 2.94. The molecule has 0 aliphatic carbocycles. The molecule has 2 aromatic heterocycles. The highest BCUT2D eigenvalue weighted by atomic mass is 16.3. The number of rotatable bonds is 2. The maximum atomic E-state index is 13.0. The fourth-order valence-corrected chi connectivity index (χ4v) is 3.16. The van der Waals surface area contributed by atoms with Gasteiger partial charge in [-0.25, -0.2) is 4.98 Å². The van der Waals surface area contributed by atoms with E-state index in [0.29, 0.717) is 35.4 Å². The number of amides is 1. The van der Waals surface area contributed by atoms with Gasteiger partial charge in [-0.05, 0) is 43.2 Å². The zero-order chi connectivity index (χ0) is 17.4. The number of fused-ring (bicyclic) bond motifs is 1. The van der Waals surface area contributed by atoms with Gasteiger partial charge in [-0.3, -0.25) is 9.89 Å². The Kier molecular flexibility index (Phi) is 3.85. The Balaban J connectivity index is 1.76. The number of aromatic nitrogens is 3. The standard InChI is InChI=1S/C18H19N5O2/c19-12-5-7-23(8-6-12)18(25)14-9-16(11-1-3-13(24)4-2-11)21-17-15(14)10-20-22-17/h1-4,9-10,12,24H,5-8,19H2,(H,20,21,22).